The molecule has 0 atom stereocenters. The van der Waals surface area contributed by atoms with Crippen LogP contribution in [0, 0.1) is 0 Å². The topological polar surface area (TPSA) is 19.0 Å². The van der Waals surface area contributed by atoms with Crippen LogP contribution in [0.3, 0.4) is 0 Å². The summed E-state index contributed by atoms with van der Waals surface area (Å²) < 4.78 is 0. The molecular weight excluding hydrogens is 244 g/mol. The van der Waals surface area contributed by atoms with Crippen molar-refractivity contribution in [3.05, 3.63) is 36.0 Å². The minimum absolute atomic E-state index is 0. The third-order valence-corrected chi connectivity index (χ3v) is 3.77. The Morgan fingerprint density at radius 1 is 1.00 bits per heavy atom. The molecule has 3 rings (SSSR count). The summed E-state index contributed by atoms with van der Waals surface area (Å²) in [6.45, 7) is 3.63. The Kier molecular flexibility index (Phi) is 4.67. The quantitative estimate of drug-likeness (QED) is 0.839. The molecule has 98 valence electrons. The number of rotatable bonds is 2. The molecule has 2 nitrogen and oxygen atoms in total. The van der Waals surface area contributed by atoms with Gasteiger partial charge >= 0.3 is 0 Å². The van der Waals surface area contributed by atoms with Gasteiger partial charge in [0.05, 0.1) is 0 Å². The van der Waals surface area contributed by atoms with Crippen LogP contribution in [0.2, 0.25) is 0 Å². The number of nitrogens with one attached hydrogen (secondary N) is 1. The van der Waals surface area contributed by atoms with Crippen LogP contribution >= 0.6 is 0 Å². The molecule has 1 aromatic carbocycles. The van der Waals surface area contributed by atoms with Gasteiger partial charge in [-0.15, -0.1) is 0 Å². The van der Waals surface area contributed by atoms with Crippen LogP contribution in [-0.4, -0.2) is 23.0 Å². The molecule has 1 aliphatic heterocycles. The number of hydrogen-bond donors (Lipinski definition) is 1. The molecule has 1 fully saturated rings. The zero-order valence-corrected chi connectivity index (χ0v) is 11.4. The highest BCUT2D eigenvalue weighted by atomic mass is 35.5. The average Bonchev–Trinajstić information content (AvgIpc) is 2.59. The minimum atomic E-state index is 0. The van der Waals surface area contributed by atoms with Gasteiger partial charge in [-0.3, -0.25) is 4.90 Å². The molecule has 2 heterocycles. The number of benzene rings is 1. The van der Waals surface area contributed by atoms with Gasteiger partial charge in [0.15, 0.2) is 0 Å². The SMILES string of the molecule is [Cl-].c1ccc2c(CN3CCCCCC3)c[nH]c2c1. The summed E-state index contributed by atoms with van der Waals surface area (Å²) in [6, 6.07) is 8.59. The van der Waals surface area contributed by atoms with Crippen LogP contribution in [-0.2, 0) is 6.54 Å². The van der Waals surface area contributed by atoms with E-state index in [1.165, 1.54) is 55.2 Å². The first-order valence-electron chi connectivity index (χ1n) is 6.71. The Balaban J connectivity index is 0.00000120. The Hall–Kier alpha value is -0.990. The Bertz CT molecular complexity index is 484. The first kappa shape index (κ1) is 13.4. The zero-order valence-electron chi connectivity index (χ0n) is 10.7. The van der Waals surface area contributed by atoms with E-state index >= 15 is 0 Å². The summed E-state index contributed by atoms with van der Waals surface area (Å²) in [6.07, 6.45) is 7.72. The lowest BCUT2D eigenvalue weighted by Crippen LogP contribution is -3.00. The van der Waals surface area contributed by atoms with E-state index in [9.17, 15) is 0 Å². The summed E-state index contributed by atoms with van der Waals surface area (Å²) in [7, 11) is 0. The van der Waals surface area contributed by atoms with Crippen molar-refractivity contribution in [2.75, 3.05) is 13.1 Å². The summed E-state index contributed by atoms with van der Waals surface area (Å²) in [4.78, 5) is 5.97. The molecule has 0 amide bonds. The van der Waals surface area contributed by atoms with Crippen molar-refractivity contribution >= 4 is 10.9 Å². The third kappa shape index (κ3) is 2.88. The largest absolute Gasteiger partial charge is 1.00 e. The van der Waals surface area contributed by atoms with Crippen LogP contribution < -0.4 is 12.4 Å². The van der Waals surface area contributed by atoms with E-state index in [0.29, 0.717) is 0 Å². The van der Waals surface area contributed by atoms with E-state index in [0.717, 1.165) is 6.54 Å². The molecule has 18 heavy (non-hydrogen) atoms. The maximum atomic E-state index is 3.37. The first-order chi connectivity index (χ1) is 8.43. The van der Waals surface area contributed by atoms with Crippen molar-refractivity contribution in [2.45, 2.75) is 32.2 Å². The van der Waals surface area contributed by atoms with E-state index < -0.39 is 0 Å². The molecule has 3 heteroatoms. The summed E-state index contributed by atoms with van der Waals surface area (Å²) >= 11 is 0. The lowest BCUT2D eigenvalue weighted by Gasteiger charge is -2.19. The van der Waals surface area contributed by atoms with Crippen molar-refractivity contribution in [1.82, 2.24) is 9.88 Å². The van der Waals surface area contributed by atoms with Gasteiger partial charge in [0.1, 0.15) is 0 Å². The number of H-pyrrole nitrogens is 1. The number of aromatic nitrogens is 1. The maximum absolute atomic E-state index is 3.37. The standard InChI is InChI=1S/C15H20N2.ClH/c1-2-6-10-17(9-5-1)12-13-11-16-15-8-4-3-7-14(13)15;/h3-4,7-8,11,16H,1-2,5-6,9-10,12H2;1H/p-1. The highest BCUT2D eigenvalue weighted by Gasteiger charge is 2.11. The van der Waals surface area contributed by atoms with Crippen LogP contribution in [0.15, 0.2) is 30.5 Å². The normalized spacial score (nSPS) is 17.3. The summed E-state index contributed by atoms with van der Waals surface area (Å²) in [5.41, 5.74) is 2.71. The second kappa shape index (κ2) is 6.26. The molecule has 1 aliphatic rings. The van der Waals surface area contributed by atoms with E-state index in [1.54, 1.807) is 0 Å². The monoisotopic (exact) mass is 263 g/mol. The third-order valence-electron chi connectivity index (χ3n) is 3.77. The predicted octanol–water partition coefficient (Wildman–Crippen LogP) is 0.548. The average molecular weight is 264 g/mol. The lowest BCUT2D eigenvalue weighted by molar-refractivity contribution is -0.00000351. The molecule has 0 saturated carbocycles. The molecule has 0 radical (unpaired) electrons. The Morgan fingerprint density at radius 2 is 1.72 bits per heavy atom. The van der Waals surface area contributed by atoms with Crippen LogP contribution in [0.1, 0.15) is 31.2 Å². The molecule has 1 saturated heterocycles. The second-order valence-corrected chi connectivity index (χ2v) is 5.05. The molecule has 0 unspecified atom stereocenters. The Morgan fingerprint density at radius 3 is 2.50 bits per heavy atom. The van der Waals surface area contributed by atoms with E-state index in [2.05, 4.69) is 40.3 Å². The Labute approximate surface area is 115 Å². The highest BCUT2D eigenvalue weighted by Crippen LogP contribution is 2.20. The molecular formula is C15H20ClN2-. The molecule has 0 bridgehead atoms. The molecule has 2 aromatic rings. The number of nitrogens with zero attached hydrogens (tertiary/aromatic N) is 1. The fourth-order valence-electron chi connectivity index (χ4n) is 2.80. The van der Waals surface area contributed by atoms with Gasteiger partial charge in [0, 0.05) is 23.6 Å². The van der Waals surface area contributed by atoms with Gasteiger partial charge in [-0.05, 0) is 37.6 Å². The molecule has 1 aromatic heterocycles. The van der Waals surface area contributed by atoms with Gasteiger partial charge < -0.3 is 17.4 Å². The number of para-hydroxylation sites is 1. The van der Waals surface area contributed by atoms with E-state index in [1.807, 2.05) is 0 Å². The zero-order chi connectivity index (χ0) is 11.5. The first-order valence-corrected chi connectivity index (χ1v) is 6.71. The maximum Gasteiger partial charge on any atom is 0.0457 e. The molecule has 0 spiro atoms. The van der Waals surface area contributed by atoms with E-state index in [-0.39, 0.29) is 12.4 Å². The summed E-state index contributed by atoms with van der Waals surface area (Å²) in [5.74, 6) is 0. The predicted molar refractivity (Wildman–Crippen MR) is 72.0 cm³/mol. The number of aromatic amines is 1. The van der Waals surface area contributed by atoms with Gasteiger partial charge in [0.25, 0.3) is 0 Å². The highest BCUT2D eigenvalue weighted by molar-refractivity contribution is 5.82. The minimum Gasteiger partial charge on any atom is -1.00 e. The van der Waals surface area contributed by atoms with Crippen molar-refractivity contribution in [2.24, 2.45) is 0 Å². The van der Waals surface area contributed by atoms with Crippen LogP contribution in [0.4, 0.5) is 0 Å². The number of fused-ring (bicyclic) bond motifs is 1. The number of likely N-dealkylation sites (tertiary alicyclic amines) is 1. The van der Waals surface area contributed by atoms with Gasteiger partial charge in [0.2, 0.25) is 0 Å². The van der Waals surface area contributed by atoms with Crippen molar-refractivity contribution < 1.29 is 12.4 Å². The van der Waals surface area contributed by atoms with Gasteiger partial charge in [-0.1, -0.05) is 31.0 Å². The second-order valence-electron chi connectivity index (χ2n) is 5.05. The van der Waals surface area contributed by atoms with Crippen molar-refractivity contribution in [3.8, 4) is 0 Å². The molecule has 1 N–H and O–H groups in total. The smallest absolute Gasteiger partial charge is 0.0457 e. The fraction of sp³-hybridized carbons (Fsp3) is 0.467. The van der Waals surface area contributed by atoms with Crippen LogP contribution in [0.5, 0.6) is 0 Å². The number of hydrogen-bond acceptors (Lipinski definition) is 1. The van der Waals surface area contributed by atoms with Crippen LogP contribution in [0.25, 0.3) is 10.9 Å². The summed E-state index contributed by atoms with van der Waals surface area (Å²) in [5, 5.41) is 1.39. The van der Waals surface area contributed by atoms with E-state index in [4.69, 9.17) is 0 Å². The van der Waals surface area contributed by atoms with Gasteiger partial charge in [-0.2, -0.15) is 0 Å². The van der Waals surface area contributed by atoms with Crippen molar-refractivity contribution in [3.63, 3.8) is 0 Å². The van der Waals surface area contributed by atoms with Gasteiger partial charge in [-0.25, -0.2) is 0 Å². The van der Waals surface area contributed by atoms with Crippen molar-refractivity contribution in [1.29, 1.82) is 0 Å². The number of halogens is 1. The lowest BCUT2D eigenvalue weighted by atomic mass is 10.1. The molecule has 0 aliphatic carbocycles. The fourth-order valence-corrected chi connectivity index (χ4v) is 2.80.